The Morgan fingerprint density at radius 1 is 1.26 bits per heavy atom. The van der Waals surface area contributed by atoms with Crippen LogP contribution >= 0.6 is 0 Å². The average molecular weight is 253 g/mol. The third-order valence-electron chi connectivity index (χ3n) is 3.51. The molecule has 0 amide bonds. The van der Waals surface area contributed by atoms with Crippen molar-refractivity contribution in [2.75, 3.05) is 5.32 Å². The lowest BCUT2D eigenvalue weighted by molar-refractivity contribution is 0.112. The summed E-state index contributed by atoms with van der Waals surface area (Å²) in [6.07, 6.45) is 1.70. The van der Waals surface area contributed by atoms with E-state index in [4.69, 9.17) is 0 Å². The van der Waals surface area contributed by atoms with Crippen molar-refractivity contribution in [1.82, 2.24) is 0 Å². The smallest absolute Gasteiger partial charge is 0.150 e. The summed E-state index contributed by atoms with van der Waals surface area (Å²) in [6.45, 7) is 1.97. The summed E-state index contributed by atoms with van der Waals surface area (Å²) in [6, 6.07) is 11.4. The van der Waals surface area contributed by atoms with Crippen molar-refractivity contribution in [2.24, 2.45) is 0 Å². The topological polar surface area (TPSA) is 49.3 Å². The number of phenolic OH excluding ortho intramolecular Hbond substituents is 1. The minimum atomic E-state index is 0.155. The SMILES string of the molecule is Cc1cc(O)cc(C2Cc3cc(C=O)ccc3N2)c1. The van der Waals surface area contributed by atoms with Gasteiger partial charge in [0.05, 0.1) is 6.04 Å². The van der Waals surface area contributed by atoms with Crippen molar-refractivity contribution in [3.05, 3.63) is 58.7 Å². The molecular weight excluding hydrogens is 238 g/mol. The molecule has 3 heteroatoms. The van der Waals surface area contributed by atoms with Crippen LogP contribution in [0.15, 0.2) is 36.4 Å². The van der Waals surface area contributed by atoms with Gasteiger partial charge in [-0.15, -0.1) is 0 Å². The molecule has 2 aromatic carbocycles. The highest BCUT2D eigenvalue weighted by atomic mass is 16.3. The van der Waals surface area contributed by atoms with Gasteiger partial charge in [-0.2, -0.15) is 0 Å². The maximum atomic E-state index is 10.8. The first-order valence-corrected chi connectivity index (χ1v) is 6.31. The normalized spacial score (nSPS) is 16.8. The molecule has 1 heterocycles. The number of carbonyl (C=O) groups is 1. The van der Waals surface area contributed by atoms with Crippen molar-refractivity contribution in [1.29, 1.82) is 0 Å². The maximum Gasteiger partial charge on any atom is 0.150 e. The van der Waals surface area contributed by atoms with Gasteiger partial charge in [-0.25, -0.2) is 0 Å². The zero-order valence-corrected chi connectivity index (χ0v) is 10.7. The van der Waals surface area contributed by atoms with Crippen LogP contribution in [0.1, 0.15) is 33.1 Å². The predicted molar refractivity (Wildman–Crippen MR) is 74.7 cm³/mol. The van der Waals surface area contributed by atoms with Crippen LogP contribution in [0.4, 0.5) is 5.69 Å². The Bertz CT molecular complexity index is 629. The summed E-state index contributed by atoms with van der Waals surface area (Å²) >= 11 is 0. The molecule has 0 saturated heterocycles. The molecule has 19 heavy (non-hydrogen) atoms. The summed E-state index contributed by atoms with van der Waals surface area (Å²) in [5, 5.41) is 13.1. The Morgan fingerprint density at radius 2 is 2.11 bits per heavy atom. The number of carbonyl (C=O) groups excluding carboxylic acids is 1. The molecule has 3 nitrogen and oxygen atoms in total. The van der Waals surface area contributed by atoms with Gasteiger partial charge in [-0.05, 0) is 60.4 Å². The van der Waals surface area contributed by atoms with Crippen LogP contribution in [-0.2, 0) is 6.42 Å². The first kappa shape index (κ1) is 11.8. The quantitative estimate of drug-likeness (QED) is 0.808. The summed E-state index contributed by atoms with van der Waals surface area (Å²) in [4.78, 5) is 10.8. The first-order valence-electron chi connectivity index (χ1n) is 6.31. The van der Waals surface area contributed by atoms with Crippen LogP contribution in [0, 0.1) is 6.92 Å². The Balaban J connectivity index is 1.92. The van der Waals surface area contributed by atoms with Crippen molar-refractivity contribution < 1.29 is 9.90 Å². The van der Waals surface area contributed by atoms with Crippen LogP contribution in [0.5, 0.6) is 5.75 Å². The minimum Gasteiger partial charge on any atom is -0.508 e. The first-order chi connectivity index (χ1) is 9.15. The molecule has 0 bridgehead atoms. The summed E-state index contributed by atoms with van der Waals surface area (Å²) in [5.74, 6) is 0.293. The molecule has 0 fully saturated rings. The monoisotopic (exact) mass is 253 g/mol. The number of anilines is 1. The summed E-state index contributed by atoms with van der Waals surface area (Å²) < 4.78 is 0. The van der Waals surface area contributed by atoms with Crippen molar-refractivity contribution in [2.45, 2.75) is 19.4 Å². The number of aryl methyl sites for hydroxylation is 1. The second-order valence-corrected chi connectivity index (χ2v) is 5.04. The molecular formula is C16H15NO2. The van der Waals surface area contributed by atoms with Crippen LogP contribution in [-0.4, -0.2) is 11.4 Å². The van der Waals surface area contributed by atoms with Crippen molar-refractivity contribution >= 4 is 12.0 Å². The van der Waals surface area contributed by atoms with E-state index in [-0.39, 0.29) is 6.04 Å². The van der Waals surface area contributed by atoms with Crippen molar-refractivity contribution in [3.63, 3.8) is 0 Å². The number of hydrogen-bond acceptors (Lipinski definition) is 3. The Labute approximate surface area is 111 Å². The van der Waals surface area contributed by atoms with E-state index in [1.807, 2.05) is 25.1 Å². The van der Waals surface area contributed by atoms with E-state index in [1.54, 1.807) is 12.1 Å². The van der Waals surface area contributed by atoms with Gasteiger partial charge in [-0.3, -0.25) is 4.79 Å². The second kappa shape index (κ2) is 4.43. The van der Waals surface area contributed by atoms with Gasteiger partial charge in [0, 0.05) is 11.3 Å². The summed E-state index contributed by atoms with van der Waals surface area (Å²) in [5.41, 5.74) is 5.03. The molecule has 2 aromatic rings. The molecule has 1 unspecified atom stereocenters. The molecule has 1 atom stereocenters. The van der Waals surface area contributed by atoms with Gasteiger partial charge >= 0.3 is 0 Å². The molecule has 96 valence electrons. The number of benzene rings is 2. The zero-order chi connectivity index (χ0) is 13.4. The molecule has 0 aromatic heterocycles. The molecule has 2 N–H and O–H groups in total. The number of aldehydes is 1. The van der Waals surface area contributed by atoms with Crippen molar-refractivity contribution in [3.8, 4) is 5.75 Å². The molecule has 1 aliphatic rings. The van der Waals surface area contributed by atoms with E-state index >= 15 is 0 Å². The third-order valence-corrected chi connectivity index (χ3v) is 3.51. The van der Waals surface area contributed by atoms with Gasteiger partial charge in [0.1, 0.15) is 12.0 Å². The van der Waals surface area contributed by atoms with E-state index in [0.717, 1.165) is 35.1 Å². The fourth-order valence-electron chi connectivity index (χ4n) is 2.65. The number of fused-ring (bicyclic) bond motifs is 1. The van der Waals surface area contributed by atoms with Gasteiger partial charge in [0.25, 0.3) is 0 Å². The Morgan fingerprint density at radius 3 is 2.84 bits per heavy atom. The van der Waals surface area contributed by atoms with Gasteiger partial charge in [-0.1, -0.05) is 6.07 Å². The number of phenols is 1. The summed E-state index contributed by atoms with van der Waals surface area (Å²) in [7, 11) is 0. The lowest BCUT2D eigenvalue weighted by atomic mass is 10.00. The van der Waals surface area contributed by atoms with Gasteiger partial charge in [0.2, 0.25) is 0 Å². The molecule has 3 rings (SSSR count). The van der Waals surface area contributed by atoms with Crippen LogP contribution in [0.25, 0.3) is 0 Å². The molecule has 0 aliphatic carbocycles. The largest absolute Gasteiger partial charge is 0.508 e. The Hall–Kier alpha value is -2.29. The van der Waals surface area contributed by atoms with Crippen LogP contribution < -0.4 is 5.32 Å². The van der Waals surface area contributed by atoms with E-state index in [1.165, 1.54) is 0 Å². The highest BCUT2D eigenvalue weighted by molar-refractivity contribution is 5.77. The molecule has 0 radical (unpaired) electrons. The second-order valence-electron chi connectivity index (χ2n) is 5.04. The third kappa shape index (κ3) is 2.19. The molecule has 0 spiro atoms. The van der Waals surface area contributed by atoms with E-state index < -0.39 is 0 Å². The number of hydrogen-bond donors (Lipinski definition) is 2. The van der Waals surface area contributed by atoms with Crippen LogP contribution in [0.2, 0.25) is 0 Å². The number of nitrogens with one attached hydrogen (secondary N) is 1. The fourth-order valence-corrected chi connectivity index (χ4v) is 2.65. The van der Waals surface area contributed by atoms with Gasteiger partial charge in [0.15, 0.2) is 0 Å². The molecule has 1 aliphatic heterocycles. The maximum absolute atomic E-state index is 10.8. The lowest BCUT2D eigenvalue weighted by Crippen LogP contribution is -2.05. The van der Waals surface area contributed by atoms with E-state index in [2.05, 4.69) is 11.4 Å². The van der Waals surface area contributed by atoms with Gasteiger partial charge < -0.3 is 10.4 Å². The highest BCUT2D eigenvalue weighted by Gasteiger charge is 2.22. The van der Waals surface area contributed by atoms with E-state index in [0.29, 0.717) is 11.3 Å². The Kier molecular flexibility index (Phi) is 2.75. The van der Waals surface area contributed by atoms with E-state index in [9.17, 15) is 9.90 Å². The minimum absolute atomic E-state index is 0.155. The number of rotatable bonds is 2. The predicted octanol–water partition coefficient (Wildman–Crippen LogP) is 3.22. The zero-order valence-electron chi connectivity index (χ0n) is 10.7. The number of aromatic hydroxyl groups is 1. The standard InChI is InChI=1S/C16H15NO2/c1-10-4-12(7-14(19)5-10)16-8-13-6-11(9-18)2-3-15(13)17-16/h2-7,9,16-17,19H,8H2,1H3. The lowest BCUT2D eigenvalue weighted by Gasteiger charge is -2.13. The fraction of sp³-hybridized carbons (Fsp3) is 0.188. The highest BCUT2D eigenvalue weighted by Crippen LogP contribution is 2.35. The average Bonchev–Trinajstić information content (AvgIpc) is 2.80. The molecule has 0 saturated carbocycles. The van der Waals surface area contributed by atoms with Crippen LogP contribution in [0.3, 0.4) is 0 Å².